The summed E-state index contributed by atoms with van der Waals surface area (Å²) in [5.41, 5.74) is 7.28. The van der Waals surface area contributed by atoms with Gasteiger partial charge in [0.05, 0.1) is 18.0 Å². The number of alkyl halides is 3. The summed E-state index contributed by atoms with van der Waals surface area (Å²) >= 11 is 0. The average molecular weight is 670 g/mol. The van der Waals surface area contributed by atoms with Gasteiger partial charge in [-0.3, -0.25) is 4.79 Å². The third-order valence-electron chi connectivity index (χ3n) is 8.90. The Labute approximate surface area is 273 Å². The van der Waals surface area contributed by atoms with Gasteiger partial charge in [-0.1, -0.05) is 18.2 Å². The van der Waals surface area contributed by atoms with Crippen LogP contribution in [0.25, 0.3) is 16.8 Å². The van der Waals surface area contributed by atoms with Gasteiger partial charge in [-0.2, -0.15) is 28.2 Å². The third-order valence-corrected chi connectivity index (χ3v) is 8.90. The van der Waals surface area contributed by atoms with Crippen LogP contribution in [0.4, 0.5) is 29.3 Å². The number of aryl methyl sites for hydroxylation is 1. The summed E-state index contributed by atoms with van der Waals surface area (Å²) in [6.45, 7) is 5.26. The maximum atomic E-state index is 14.9. The Balaban J connectivity index is 1.31. The molecule has 2 aliphatic rings. The minimum atomic E-state index is -4.88. The number of benzene rings is 2. The van der Waals surface area contributed by atoms with E-state index in [1.54, 1.807) is 26.1 Å². The van der Waals surface area contributed by atoms with E-state index >= 15 is 0 Å². The number of nitrogens with one attached hydrogen (secondary N) is 1. The highest BCUT2D eigenvalue weighted by molar-refractivity contribution is 5.74. The molecule has 1 spiro atoms. The molecule has 2 aromatic carbocycles. The van der Waals surface area contributed by atoms with E-state index in [-0.39, 0.29) is 40.9 Å². The highest BCUT2D eigenvalue weighted by Gasteiger charge is 2.46. The molecule has 2 saturated heterocycles. The van der Waals surface area contributed by atoms with Gasteiger partial charge < -0.3 is 30.5 Å². The Morgan fingerprint density at radius 1 is 1.12 bits per heavy atom. The Hall–Kier alpha value is -4.92. The standard InChI is InChI=1S/C33H35F4N7O4/c1-3-47-26-15-21(5-7-23(26)34)20-4-6-22(25(14-20)44-11-8-19(2)42-44)29(33(35,36)37)48-28-16-27(40-31(38)41-28)43-12-9-32(10-13-43)17-24(30(45)46)39-18-32/h4-8,11,14-16,24,29,39H,3,9-10,12-13,17-18H2,1-2H3,(H,45,46)(H2,38,40,41)/t24-,29?/m0/s1. The molecule has 1 unspecified atom stereocenters. The SMILES string of the molecule is CCOc1cc(-c2ccc(C(Oc3cc(N4CCC5(CC4)CN[C@H](C(=O)O)C5)nc(N)n3)C(F)(F)F)c(-n3ccc(C)n3)c2)ccc1F. The summed E-state index contributed by atoms with van der Waals surface area (Å²) in [6, 6.07) is 11.0. The first-order valence-corrected chi connectivity index (χ1v) is 15.5. The Kier molecular flexibility index (Phi) is 8.90. The Morgan fingerprint density at radius 2 is 1.85 bits per heavy atom. The molecule has 0 amide bonds. The van der Waals surface area contributed by atoms with Crippen LogP contribution in [0.2, 0.25) is 0 Å². The number of hydrogen-bond donors (Lipinski definition) is 3. The first-order valence-electron chi connectivity index (χ1n) is 15.5. The highest BCUT2D eigenvalue weighted by atomic mass is 19.4. The molecular formula is C33H35F4N7O4. The number of nitrogens with zero attached hydrogens (tertiary/aromatic N) is 5. The number of carboxylic acids is 1. The van der Waals surface area contributed by atoms with Crippen LogP contribution in [0, 0.1) is 18.2 Å². The van der Waals surface area contributed by atoms with Crippen LogP contribution < -0.4 is 25.4 Å². The number of nitrogen functional groups attached to an aromatic ring is 1. The monoisotopic (exact) mass is 669 g/mol. The fraction of sp³-hybridized carbons (Fsp3) is 0.394. The van der Waals surface area contributed by atoms with E-state index in [9.17, 15) is 27.5 Å². The molecule has 2 aromatic heterocycles. The number of anilines is 2. The van der Waals surface area contributed by atoms with Crippen molar-refractivity contribution in [1.29, 1.82) is 0 Å². The molecule has 4 N–H and O–H groups in total. The van der Waals surface area contributed by atoms with Crippen LogP contribution in [-0.4, -0.2) is 69.3 Å². The number of carboxylic acid groups (broad SMARTS) is 1. The lowest BCUT2D eigenvalue weighted by Gasteiger charge is -2.39. The van der Waals surface area contributed by atoms with Gasteiger partial charge >= 0.3 is 12.1 Å². The zero-order valence-corrected chi connectivity index (χ0v) is 26.3. The van der Waals surface area contributed by atoms with E-state index < -0.39 is 30.1 Å². The number of halogens is 4. The van der Waals surface area contributed by atoms with Crippen molar-refractivity contribution in [2.75, 3.05) is 36.9 Å². The minimum absolute atomic E-state index is 0.0254. The molecule has 15 heteroatoms. The zero-order chi connectivity index (χ0) is 34.2. The van der Waals surface area contributed by atoms with E-state index in [2.05, 4.69) is 20.4 Å². The van der Waals surface area contributed by atoms with Gasteiger partial charge in [-0.05, 0) is 73.9 Å². The average Bonchev–Trinajstić information content (AvgIpc) is 3.67. The first-order chi connectivity index (χ1) is 22.8. The van der Waals surface area contributed by atoms with Crippen LogP contribution >= 0.6 is 0 Å². The zero-order valence-electron chi connectivity index (χ0n) is 26.3. The van der Waals surface area contributed by atoms with Crippen molar-refractivity contribution in [1.82, 2.24) is 25.1 Å². The molecule has 4 heterocycles. The summed E-state index contributed by atoms with van der Waals surface area (Å²) in [7, 11) is 0. The van der Waals surface area contributed by atoms with Gasteiger partial charge in [0.1, 0.15) is 11.9 Å². The molecule has 0 bridgehead atoms. The fourth-order valence-corrected chi connectivity index (χ4v) is 6.40. The maximum Gasteiger partial charge on any atom is 0.429 e. The number of hydrogen-bond acceptors (Lipinski definition) is 9. The first kappa shape index (κ1) is 33.0. The van der Waals surface area contributed by atoms with Crippen molar-refractivity contribution in [3.05, 3.63) is 71.8 Å². The van der Waals surface area contributed by atoms with E-state index in [0.29, 0.717) is 61.5 Å². The molecule has 4 aromatic rings. The molecule has 2 fully saturated rings. The van der Waals surface area contributed by atoms with Gasteiger partial charge in [0, 0.05) is 37.5 Å². The number of carbonyl (C=O) groups is 1. The molecule has 48 heavy (non-hydrogen) atoms. The van der Waals surface area contributed by atoms with Gasteiger partial charge in [0.2, 0.25) is 17.9 Å². The fourth-order valence-electron chi connectivity index (χ4n) is 6.40. The van der Waals surface area contributed by atoms with Crippen LogP contribution in [0.5, 0.6) is 11.6 Å². The van der Waals surface area contributed by atoms with Crippen LogP contribution in [0.1, 0.15) is 43.5 Å². The van der Waals surface area contributed by atoms with Gasteiger partial charge in [-0.25, -0.2) is 9.07 Å². The second-order valence-electron chi connectivity index (χ2n) is 12.2. The third kappa shape index (κ3) is 6.86. The summed E-state index contributed by atoms with van der Waals surface area (Å²) in [5, 5.41) is 16.8. The number of piperidine rings is 1. The van der Waals surface area contributed by atoms with Gasteiger partial charge in [0.25, 0.3) is 0 Å². The molecule has 2 atom stereocenters. The van der Waals surface area contributed by atoms with E-state index in [1.165, 1.54) is 47.1 Å². The normalized spacial score (nSPS) is 18.2. The molecule has 0 saturated carbocycles. The molecule has 0 radical (unpaired) electrons. The Bertz CT molecular complexity index is 1810. The van der Waals surface area contributed by atoms with Crippen molar-refractivity contribution in [3.63, 3.8) is 0 Å². The predicted octanol–water partition coefficient (Wildman–Crippen LogP) is 5.47. The van der Waals surface area contributed by atoms with Crippen molar-refractivity contribution in [3.8, 4) is 28.4 Å². The lowest BCUT2D eigenvalue weighted by atomic mass is 9.76. The van der Waals surface area contributed by atoms with Crippen LogP contribution in [0.15, 0.2) is 54.7 Å². The number of rotatable bonds is 9. The summed E-state index contributed by atoms with van der Waals surface area (Å²) in [6.07, 6.45) is -3.95. The minimum Gasteiger partial charge on any atom is -0.491 e. The number of ether oxygens (including phenoxy) is 2. The molecule has 6 rings (SSSR count). The van der Waals surface area contributed by atoms with Crippen molar-refractivity contribution >= 4 is 17.7 Å². The molecule has 0 aliphatic carbocycles. The quantitative estimate of drug-likeness (QED) is 0.197. The van der Waals surface area contributed by atoms with E-state index in [0.717, 1.165) is 0 Å². The summed E-state index contributed by atoms with van der Waals surface area (Å²) < 4.78 is 71.2. The van der Waals surface area contributed by atoms with Gasteiger partial charge in [0.15, 0.2) is 11.6 Å². The second kappa shape index (κ2) is 12.9. The van der Waals surface area contributed by atoms with Gasteiger partial charge in [-0.15, -0.1) is 0 Å². The summed E-state index contributed by atoms with van der Waals surface area (Å²) in [5.74, 6) is -1.71. The lowest BCUT2D eigenvalue weighted by molar-refractivity contribution is -0.198. The Morgan fingerprint density at radius 3 is 2.50 bits per heavy atom. The van der Waals surface area contributed by atoms with Crippen molar-refractivity contribution in [2.45, 2.75) is 51.4 Å². The topological polar surface area (TPSA) is 141 Å². The molecule has 254 valence electrons. The number of aliphatic carboxylic acids is 1. The van der Waals surface area contributed by atoms with E-state index in [1.807, 2.05) is 4.90 Å². The molecular weight excluding hydrogens is 634 g/mol. The second-order valence-corrected chi connectivity index (χ2v) is 12.2. The molecule has 2 aliphatic heterocycles. The van der Waals surface area contributed by atoms with Crippen LogP contribution in [-0.2, 0) is 4.79 Å². The smallest absolute Gasteiger partial charge is 0.429 e. The van der Waals surface area contributed by atoms with Crippen LogP contribution in [0.3, 0.4) is 0 Å². The largest absolute Gasteiger partial charge is 0.491 e. The maximum absolute atomic E-state index is 14.9. The highest BCUT2D eigenvalue weighted by Crippen LogP contribution is 2.43. The lowest BCUT2D eigenvalue weighted by Crippen LogP contribution is -2.41. The predicted molar refractivity (Wildman–Crippen MR) is 169 cm³/mol. The number of aromatic nitrogens is 4. The molecule has 11 nitrogen and oxygen atoms in total. The number of nitrogens with two attached hydrogens (primary N) is 1. The summed E-state index contributed by atoms with van der Waals surface area (Å²) in [4.78, 5) is 21.6. The van der Waals surface area contributed by atoms with Crippen molar-refractivity contribution < 1.29 is 36.9 Å². The van der Waals surface area contributed by atoms with Crippen molar-refractivity contribution in [2.24, 2.45) is 5.41 Å². The van der Waals surface area contributed by atoms with E-state index in [4.69, 9.17) is 15.2 Å².